The summed E-state index contributed by atoms with van der Waals surface area (Å²) in [6.45, 7) is 3.97. The topological polar surface area (TPSA) is 17.3 Å². The Hall–Kier alpha value is -1.25. The van der Waals surface area contributed by atoms with E-state index in [1.807, 2.05) is 36.6 Å². The van der Waals surface area contributed by atoms with Crippen LogP contribution in [-0.4, -0.2) is 17.2 Å². The molecular weight excluding hydrogens is 147 g/mol. The minimum atomic E-state index is 0.767. The monoisotopic (exact) mass is 156 g/mol. The van der Waals surface area contributed by atoms with Gasteiger partial charge < -0.3 is 4.40 Å². The van der Waals surface area contributed by atoms with Crippen LogP contribution < -0.4 is 5.46 Å². The van der Waals surface area contributed by atoms with Gasteiger partial charge in [0.05, 0.1) is 11.2 Å². The summed E-state index contributed by atoms with van der Waals surface area (Å²) in [5.74, 6) is 0.981. The van der Waals surface area contributed by atoms with E-state index >= 15 is 0 Å². The Morgan fingerprint density at radius 3 is 2.83 bits per heavy atom. The number of fused-ring (bicyclic) bond motifs is 1. The second-order valence-electron chi connectivity index (χ2n) is 2.96. The highest BCUT2D eigenvalue weighted by Crippen LogP contribution is 2.09. The number of hydrogen-bond donors (Lipinski definition) is 0. The Balaban J connectivity index is 2.90. The van der Waals surface area contributed by atoms with Gasteiger partial charge in [-0.1, -0.05) is 11.5 Å². The van der Waals surface area contributed by atoms with Crippen LogP contribution in [0.25, 0.3) is 5.52 Å². The molecule has 2 aromatic heterocycles. The van der Waals surface area contributed by atoms with E-state index < -0.39 is 0 Å². The van der Waals surface area contributed by atoms with E-state index in [-0.39, 0.29) is 0 Å². The fourth-order valence-corrected chi connectivity index (χ4v) is 1.43. The van der Waals surface area contributed by atoms with E-state index in [9.17, 15) is 0 Å². The van der Waals surface area contributed by atoms with E-state index in [4.69, 9.17) is 7.85 Å². The minimum absolute atomic E-state index is 0.767. The number of rotatable bonds is 0. The van der Waals surface area contributed by atoms with Gasteiger partial charge in [0.25, 0.3) is 0 Å². The molecule has 0 bridgehead atoms. The fraction of sp³-hybridized carbons (Fsp3) is 0.222. The highest BCUT2D eigenvalue weighted by Gasteiger charge is 2.02. The predicted molar refractivity (Wildman–Crippen MR) is 50.1 cm³/mol. The molecule has 0 unspecified atom stereocenters. The maximum Gasteiger partial charge on any atom is 0.115 e. The molecule has 2 nitrogen and oxygen atoms in total. The Kier molecular flexibility index (Phi) is 1.46. The number of aryl methyl sites for hydroxylation is 2. The third-order valence-electron chi connectivity index (χ3n) is 2.02. The molecule has 3 heteroatoms. The van der Waals surface area contributed by atoms with Crippen LogP contribution in [0.5, 0.6) is 0 Å². The first-order valence-corrected chi connectivity index (χ1v) is 3.89. The van der Waals surface area contributed by atoms with Crippen LogP contribution in [0.15, 0.2) is 18.3 Å². The van der Waals surface area contributed by atoms with Gasteiger partial charge in [-0.05, 0) is 19.9 Å². The number of pyridine rings is 1. The normalized spacial score (nSPS) is 10.8. The van der Waals surface area contributed by atoms with Gasteiger partial charge in [-0.15, -0.1) is 0 Å². The lowest BCUT2D eigenvalue weighted by Gasteiger charge is -1.97. The summed E-state index contributed by atoms with van der Waals surface area (Å²) in [6.07, 6.45) is 1.89. The predicted octanol–water partition coefficient (Wildman–Crippen LogP) is 0.745. The summed E-state index contributed by atoms with van der Waals surface area (Å²) in [5.41, 5.74) is 2.94. The molecule has 0 aromatic carbocycles. The van der Waals surface area contributed by atoms with Crippen LogP contribution in [0.4, 0.5) is 0 Å². The van der Waals surface area contributed by atoms with Crippen molar-refractivity contribution in [3.8, 4) is 0 Å². The molecule has 2 heterocycles. The molecule has 0 spiro atoms. The molecule has 2 radical (unpaired) electrons. The second-order valence-corrected chi connectivity index (χ2v) is 2.96. The van der Waals surface area contributed by atoms with Gasteiger partial charge in [-0.2, -0.15) is 0 Å². The zero-order valence-corrected chi connectivity index (χ0v) is 7.20. The molecule has 0 aliphatic heterocycles. The Labute approximate surface area is 72.7 Å². The molecule has 0 N–H and O–H groups in total. The number of nitrogens with zero attached hydrogens (tertiary/aromatic N) is 2. The zero-order valence-electron chi connectivity index (χ0n) is 7.20. The lowest BCUT2D eigenvalue weighted by Crippen LogP contribution is -2.04. The number of hydrogen-bond acceptors (Lipinski definition) is 1. The number of aromatic nitrogens is 2. The highest BCUT2D eigenvalue weighted by molar-refractivity contribution is 6.32. The molecule has 2 aromatic rings. The molecule has 0 aliphatic rings. The summed E-state index contributed by atoms with van der Waals surface area (Å²) in [6, 6.07) is 3.88. The van der Waals surface area contributed by atoms with Crippen LogP contribution in [0, 0.1) is 13.8 Å². The Morgan fingerprint density at radius 2 is 2.08 bits per heavy atom. The summed E-state index contributed by atoms with van der Waals surface area (Å²) < 4.78 is 2.00. The van der Waals surface area contributed by atoms with Crippen molar-refractivity contribution >= 4 is 18.8 Å². The van der Waals surface area contributed by atoms with Crippen molar-refractivity contribution in [1.29, 1.82) is 0 Å². The van der Waals surface area contributed by atoms with Gasteiger partial charge in [-0.25, -0.2) is 4.98 Å². The standard InChI is InChI=1S/C9H9BN2/c1-6-9-4-3-8(10)5-12(9)7(2)11-6/h3-5H,1-2H3. The summed E-state index contributed by atoms with van der Waals surface area (Å²) in [5, 5.41) is 0. The first-order valence-electron chi connectivity index (χ1n) is 3.89. The molecule has 0 atom stereocenters. The van der Waals surface area contributed by atoms with Crippen molar-refractivity contribution in [3.63, 3.8) is 0 Å². The van der Waals surface area contributed by atoms with Crippen molar-refractivity contribution in [3.05, 3.63) is 29.8 Å². The summed E-state index contributed by atoms with van der Waals surface area (Å²) in [7, 11) is 5.65. The lowest BCUT2D eigenvalue weighted by atomic mass is 9.99. The molecule has 12 heavy (non-hydrogen) atoms. The second kappa shape index (κ2) is 2.37. The highest BCUT2D eigenvalue weighted by atomic mass is 15.0. The largest absolute Gasteiger partial charge is 0.304 e. The van der Waals surface area contributed by atoms with Crippen LogP contribution in [0.2, 0.25) is 0 Å². The molecule has 0 saturated carbocycles. The average Bonchev–Trinajstić information content (AvgIpc) is 2.28. The number of imidazole rings is 1. The SMILES string of the molecule is [B]c1ccc2c(C)nc(C)n2c1. The summed E-state index contributed by atoms with van der Waals surface area (Å²) in [4.78, 5) is 4.34. The first kappa shape index (κ1) is 7.41. The third kappa shape index (κ3) is 0.933. The van der Waals surface area contributed by atoms with E-state index in [0.29, 0.717) is 0 Å². The van der Waals surface area contributed by atoms with Crippen molar-refractivity contribution in [2.75, 3.05) is 0 Å². The molecule has 0 fully saturated rings. The van der Waals surface area contributed by atoms with Gasteiger partial charge in [0, 0.05) is 6.20 Å². The van der Waals surface area contributed by atoms with Crippen LogP contribution in [0.3, 0.4) is 0 Å². The summed E-state index contributed by atoms with van der Waals surface area (Å²) >= 11 is 0. The lowest BCUT2D eigenvalue weighted by molar-refractivity contribution is 1.04. The van der Waals surface area contributed by atoms with Crippen LogP contribution in [-0.2, 0) is 0 Å². The molecular formula is C9H9BN2. The van der Waals surface area contributed by atoms with Gasteiger partial charge in [0.2, 0.25) is 0 Å². The van der Waals surface area contributed by atoms with Crippen molar-refractivity contribution < 1.29 is 0 Å². The fourth-order valence-electron chi connectivity index (χ4n) is 1.43. The van der Waals surface area contributed by atoms with Crippen molar-refractivity contribution in [2.24, 2.45) is 0 Å². The molecule has 2 rings (SSSR count). The van der Waals surface area contributed by atoms with E-state index in [1.165, 1.54) is 0 Å². The van der Waals surface area contributed by atoms with E-state index in [0.717, 1.165) is 22.5 Å². The van der Waals surface area contributed by atoms with Gasteiger partial charge in [0.1, 0.15) is 13.7 Å². The maximum atomic E-state index is 5.65. The molecule has 58 valence electrons. The zero-order chi connectivity index (χ0) is 8.72. The van der Waals surface area contributed by atoms with E-state index in [1.54, 1.807) is 0 Å². The average molecular weight is 156 g/mol. The van der Waals surface area contributed by atoms with Crippen LogP contribution >= 0.6 is 0 Å². The third-order valence-corrected chi connectivity index (χ3v) is 2.02. The van der Waals surface area contributed by atoms with Crippen molar-refractivity contribution in [1.82, 2.24) is 9.38 Å². The maximum absolute atomic E-state index is 5.65. The van der Waals surface area contributed by atoms with Gasteiger partial charge in [-0.3, -0.25) is 0 Å². The van der Waals surface area contributed by atoms with Crippen LogP contribution in [0.1, 0.15) is 11.5 Å². The van der Waals surface area contributed by atoms with E-state index in [2.05, 4.69) is 4.98 Å². The minimum Gasteiger partial charge on any atom is -0.304 e. The van der Waals surface area contributed by atoms with Gasteiger partial charge >= 0.3 is 0 Å². The Bertz CT molecular complexity index is 431. The quantitative estimate of drug-likeness (QED) is 0.514. The van der Waals surface area contributed by atoms with Gasteiger partial charge in [0.15, 0.2) is 0 Å². The molecule has 0 amide bonds. The smallest absolute Gasteiger partial charge is 0.115 e. The first-order chi connectivity index (χ1) is 5.68. The molecule has 0 aliphatic carbocycles. The Morgan fingerprint density at radius 1 is 1.33 bits per heavy atom. The molecule has 0 saturated heterocycles. The van der Waals surface area contributed by atoms with Crippen molar-refractivity contribution in [2.45, 2.75) is 13.8 Å².